The zero-order valence-corrected chi connectivity index (χ0v) is 15.4. The van der Waals surface area contributed by atoms with E-state index in [0.29, 0.717) is 11.5 Å². The smallest absolute Gasteiger partial charge is 0.0317 e. The Labute approximate surface area is 139 Å². The van der Waals surface area contributed by atoms with Crippen LogP contribution in [0, 0.1) is 11.3 Å². The van der Waals surface area contributed by atoms with Crippen molar-refractivity contribution < 1.29 is 0 Å². The van der Waals surface area contributed by atoms with E-state index in [2.05, 4.69) is 66.3 Å². The molecule has 1 unspecified atom stereocenters. The highest BCUT2D eigenvalue weighted by atomic mass is 79.9. The number of halogens is 1. The number of rotatable bonds is 7. The van der Waals surface area contributed by atoms with Crippen molar-refractivity contribution in [2.45, 2.75) is 65.3 Å². The molecule has 0 saturated heterocycles. The van der Waals surface area contributed by atoms with Crippen molar-refractivity contribution in [3.05, 3.63) is 34.3 Å². The summed E-state index contributed by atoms with van der Waals surface area (Å²) in [5.74, 6) is 0.803. The van der Waals surface area contributed by atoms with Gasteiger partial charge in [-0.2, -0.15) is 0 Å². The molecule has 1 N–H and O–H groups in total. The lowest BCUT2D eigenvalue weighted by atomic mass is 9.78. The second-order valence-corrected chi connectivity index (χ2v) is 8.11. The van der Waals surface area contributed by atoms with Crippen LogP contribution >= 0.6 is 15.9 Å². The predicted molar refractivity (Wildman–Crippen MR) is 95.5 cm³/mol. The Hall–Kier alpha value is -0.340. The number of hydrogen-bond acceptors (Lipinski definition) is 1. The van der Waals surface area contributed by atoms with E-state index in [0.717, 1.165) is 16.8 Å². The molecule has 1 aromatic rings. The molecule has 1 aliphatic rings. The summed E-state index contributed by atoms with van der Waals surface area (Å²) in [6.45, 7) is 8.20. The van der Waals surface area contributed by atoms with E-state index in [-0.39, 0.29) is 0 Å². The molecular weight excluding hydrogens is 322 g/mol. The molecule has 0 heterocycles. The quantitative estimate of drug-likeness (QED) is 0.625. The molecule has 0 aromatic heterocycles. The fourth-order valence-electron chi connectivity index (χ4n) is 3.98. The van der Waals surface area contributed by atoms with Crippen LogP contribution in [0.1, 0.15) is 70.9 Å². The molecule has 1 nitrogen and oxygen atoms in total. The Morgan fingerprint density at radius 3 is 2.29 bits per heavy atom. The van der Waals surface area contributed by atoms with Crippen LogP contribution in [0.4, 0.5) is 0 Å². The van der Waals surface area contributed by atoms with Crippen molar-refractivity contribution in [1.29, 1.82) is 0 Å². The van der Waals surface area contributed by atoms with Crippen LogP contribution in [-0.4, -0.2) is 6.54 Å². The van der Waals surface area contributed by atoms with Crippen LogP contribution in [0.25, 0.3) is 0 Å². The Morgan fingerprint density at radius 1 is 1.14 bits per heavy atom. The summed E-state index contributed by atoms with van der Waals surface area (Å²) < 4.78 is 1.16. The fourth-order valence-corrected chi connectivity index (χ4v) is 4.24. The van der Waals surface area contributed by atoms with Gasteiger partial charge >= 0.3 is 0 Å². The summed E-state index contributed by atoms with van der Waals surface area (Å²) >= 11 is 3.52. The molecule has 0 aliphatic heterocycles. The van der Waals surface area contributed by atoms with Crippen LogP contribution in [0.15, 0.2) is 28.7 Å². The minimum atomic E-state index is 0.489. The minimum Gasteiger partial charge on any atom is -0.309 e. The van der Waals surface area contributed by atoms with E-state index in [9.17, 15) is 0 Å². The van der Waals surface area contributed by atoms with E-state index in [1.165, 1.54) is 44.2 Å². The molecule has 2 rings (SSSR count). The normalized spacial score (nSPS) is 19.1. The zero-order chi connectivity index (χ0) is 15.3. The summed E-state index contributed by atoms with van der Waals surface area (Å²) in [6, 6.07) is 9.28. The van der Waals surface area contributed by atoms with Gasteiger partial charge in [-0.15, -0.1) is 0 Å². The highest BCUT2D eigenvalue weighted by molar-refractivity contribution is 9.10. The molecule has 0 radical (unpaired) electrons. The first-order valence-electron chi connectivity index (χ1n) is 8.53. The van der Waals surface area contributed by atoms with Gasteiger partial charge in [0.15, 0.2) is 0 Å². The van der Waals surface area contributed by atoms with Crippen molar-refractivity contribution in [1.82, 2.24) is 5.32 Å². The van der Waals surface area contributed by atoms with Crippen LogP contribution in [0.5, 0.6) is 0 Å². The van der Waals surface area contributed by atoms with Crippen LogP contribution in [0.2, 0.25) is 0 Å². The van der Waals surface area contributed by atoms with Crippen LogP contribution < -0.4 is 5.32 Å². The molecule has 1 saturated carbocycles. The maximum Gasteiger partial charge on any atom is 0.0317 e. The minimum absolute atomic E-state index is 0.489. The van der Waals surface area contributed by atoms with E-state index in [4.69, 9.17) is 0 Å². The number of nitrogens with one attached hydrogen (secondary N) is 1. The second kappa shape index (κ2) is 7.78. The van der Waals surface area contributed by atoms with Gasteiger partial charge < -0.3 is 5.32 Å². The lowest BCUT2D eigenvalue weighted by Gasteiger charge is -2.33. The summed E-state index contributed by atoms with van der Waals surface area (Å²) in [5, 5.41) is 3.88. The van der Waals surface area contributed by atoms with Gasteiger partial charge in [0.05, 0.1) is 0 Å². The van der Waals surface area contributed by atoms with Crippen molar-refractivity contribution >= 4 is 15.9 Å². The SMILES string of the molecule is CCC(NCC1(CC(C)C)CCCC1)c1ccc(Br)cc1. The third kappa shape index (κ3) is 4.82. The van der Waals surface area contributed by atoms with Gasteiger partial charge in [0.25, 0.3) is 0 Å². The van der Waals surface area contributed by atoms with Crippen LogP contribution in [0.3, 0.4) is 0 Å². The van der Waals surface area contributed by atoms with E-state index in [1.807, 2.05) is 0 Å². The average molecular weight is 352 g/mol. The lowest BCUT2D eigenvalue weighted by molar-refractivity contribution is 0.214. The zero-order valence-electron chi connectivity index (χ0n) is 13.8. The van der Waals surface area contributed by atoms with Gasteiger partial charge in [-0.05, 0) is 54.7 Å². The third-order valence-corrected chi connectivity index (χ3v) is 5.44. The van der Waals surface area contributed by atoms with Crippen molar-refractivity contribution in [3.8, 4) is 0 Å². The summed E-state index contributed by atoms with van der Waals surface area (Å²) in [4.78, 5) is 0. The third-order valence-electron chi connectivity index (χ3n) is 4.91. The molecule has 1 fully saturated rings. The standard InChI is InChI=1S/C19H30BrN/c1-4-18(16-7-9-17(20)10-8-16)21-14-19(13-15(2)3)11-5-6-12-19/h7-10,15,18,21H,4-6,11-14H2,1-3H3. The summed E-state index contributed by atoms with van der Waals surface area (Å²) in [5.41, 5.74) is 1.97. The van der Waals surface area contributed by atoms with Gasteiger partial charge in [-0.1, -0.05) is 61.7 Å². The van der Waals surface area contributed by atoms with Gasteiger partial charge in [0, 0.05) is 17.1 Å². The largest absolute Gasteiger partial charge is 0.309 e. The summed E-state index contributed by atoms with van der Waals surface area (Å²) in [7, 11) is 0. The maximum absolute atomic E-state index is 3.88. The topological polar surface area (TPSA) is 12.0 Å². The first-order chi connectivity index (χ1) is 10.0. The van der Waals surface area contributed by atoms with Crippen molar-refractivity contribution in [3.63, 3.8) is 0 Å². The van der Waals surface area contributed by atoms with Gasteiger partial charge in [0.2, 0.25) is 0 Å². The van der Waals surface area contributed by atoms with Gasteiger partial charge in [-0.3, -0.25) is 0 Å². The molecule has 0 bridgehead atoms. The summed E-state index contributed by atoms with van der Waals surface area (Å²) in [6.07, 6.45) is 8.19. The first-order valence-corrected chi connectivity index (χ1v) is 9.33. The second-order valence-electron chi connectivity index (χ2n) is 7.20. The molecule has 2 heteroatoms. The van der Waals surface area contributed by atoms with Gasteiger partial charge in [0.1, 0.15) is 0 Å². The van der Waals surface area contributed by atoms with E-state index < -0.39 is 0 Å². The van der Waals surface area contributed by atoms with Crippen molar-refractivity contribution in [2.24, 2.45) is 11.3 Å². The van der Waals surface area contributed by atoms with Crippen LogP contribution in [-0.2, 0) is 0 Å². The molecule has 118 valence electrons. The fraction of sp³-hybridized carbons (Fsp3) is 0.684. The molecule has 1 atom stereocenters. The molecule has 0 spiro atoms. The molecule has 21 heavy (non-hydrogen) atoms. The Kier molecular flexibility index (Phi) is 6.31. The number of hydrogen-bond donors (Lipinski definition) is 1. The molecule has 1 aromatic carbocycles. The molecule has 0 amide bonds. The highest BCUT2D eigenvalue weighted by Gasteiger charge is 2.34. The lowest BCUT2D eigenvalue weighted by Crippen LogP contribution is -2.35. The Bertz CT molecular complexity index is 418. The van der Waals surface area contributed by atoms with E-state index >= 15 is 0 Å². The van der Waals surface area contributed by atoms with Gasteiger partial charge in [-0.25, -0.2) is 0 Å². The first kappa shape index (κ1) is 17.0. The average Bonchev–Trinajstić information content (AvgIpc) is 2.89. The predicted octanol–water partition coefficient (Wildman–Crippen LogP) is 6.10. The Morgan fingerprint density at radius 2 is 1.76 bits per heavy atom. The van der Waals surface area contributed by atoms with Crippen molar-refractivity contribution in [2.75, 3.05) is 6.54 Å². The maximum atomic E-state index is 3.88. The van der Waals surface area contributed by atoms with E-state index in [1.54, 1.807) is 0 Å². The monoisotopic (exact) mass is 351 g/mol. The molecular formula is C19H30BrN. The Balaban J connectivity index is 1.99. The molecule has 1 aliphatic carbocycles. The number of benzene rings is 1. The highest BCUT2D eigenvalue weighted by Crippen LogP contribution is 2.43.